The van der Waals surface area contributed by atoms with Gasteiger partial charge in [-0.2, -0.15) is 9.78 Å². The van der Waals surface area contributed by atoms with E-state index in [1.165, 1.54) is 18.9 Å². The Bertz CT molecular complexity index is 1310. The summed E-state index contributed by atoms with van der Waals surface area (Å²) in [5.74, 6) is 0.849. The first-order chi connectivity index (χ1) is 16.3. The standard InChI is InChI=1S/C25H26BrN3O5/c1-6-7-17-10-16(11-21(32-4)23(17)34-14-22(30)33-5)13-27-29-24(15(2)3)28-20-9-8-18(26)12-19(20)25(29)31/h6,8-13,15H,1,7,14H2,2-5H3. The number of hydrogen-bond donors (Lipinski definition) is 0. The van der Waals surface area contributed by atoms with Crippen molar-refractivity contribution in [2.45, 2.75) is 26.2 Å². The van der Waals surface area contributed by atoms with E-state index in [0.29, 0.717) is 40.2 Å². The summed E-state index contributed by atoms with van der Waals surface area (Å²) in [5, 5.41) is 4.94. The maximum Gasteiger partial charge on any atom is 0.343 e. The fourth-order valence-corrected chi connectivity index (χ4v) is 3.71. The van der Waals surface area contributed by atoms with Crippen LogP contribution in [0.3, 0.4) is 0 Å². The number of allylic oxidation sites excluding steroid dienone is 1. The molecule has 0 fully saturated rings. The van der Waals surface area contributed by atoms with Gasteiger partial charge in [0.1, 0.15) is 5.82 Å². The Balaban J connectivity index is 2.09. The Hall–Kier alpha value is -3.46. The highest BCUT2D eigenvalue weighted by atomic mass is 79.9. The van der Waals surface area contributed by atoms with Gasteiger partial charge in [-0.3, -0.25) is 4.79 Å². The third kappa shape index (κ3) is 5.53. The number of esters is 1. The number of hydrogen-bond acceptors (Lipinski definition) is 7. The molecule has 0 bridgehead atoms. The minimum absolute atomic E-state index is 0.0298. The van der Waals surface area contributed by atoms with E-state index in [1.807, 2.05) is 26.0 Å². The van der Waals surface area contributed by atoms with Crippen LogP contribution in [0.1, 0.15) is 36.7 Å². The van der Waals surface area contributed by atoms with Crippen LogP contribution in [0, 0.1) is 0 Å². The van der Waals surface area contributed by atoms with Crippen molar-refractivity contribution in [3.05, 3.63) is 74.8 Å². The minimum atomic E-state index is -0.506. The minimum Gasteiger partial charge on any atom is -0.493 e. The lowest BCUT2D eigenvalue weighted by Crippen LogP contribution is -2.23. The van der Waals surface area contributed by atoms with Crippen LogP contribution in [0.2, 0.25) is 0 Å². The largest absolute Gasteiger partial charge is 0.493 e. The number of methoxy groups -OCH3 is 2. The maximum atomic E-state index is 13.2. The zero-order chi connectivity index (χ0) is 24.8. The van der Waals surface area contributed by atoms with Crippen LogP contribution in [-0.2, 0) is 16.0 Å². The summed E-state index contributed by atoms with van der Waals surface area (Å²) in [6.45, 7) is 7.44. The molecule has 0 spiro atoms. The fraction of sp³-hybridized carbons (Fsp3) is 0.280. The molecule has 9 heteroatoms. The van der Waals surface area contributed by atoms with E-state index in [0.717, 1.165) is 10.0 Å². The zero-order valence-corrected chi connectivity index (χ0v) is 21.1. The molecule has 0 radical (unpaired) electrons. The molecule has 34 heavy (non-hydrogen) atoms. The number of ether oxygens (including phenoxy) is 3. The Morgan fingerprint density at radius 3 is 2.68 bits per heavy atom. The van der Waals surface area contributed by atoms with Crippen molar-refractivity contribution in [1.82, 2.24) is 9.66 Å². The van der Waals surface area contributed by atoms with Crippen LogP contribution in [0.25, 0.3) is 10.9 Å². The molecule has 1 aromatic heterocycles. The quantitative estimate of drug-likeness (QED) is 0.232. The molecule has 0 unspecified atom stereocenters. The molecule has 1 heterocycles. The van der Waals surface area contributed by atoms with Crippen molar-refractivity contribution in [1.29, 1.82) is 0 Å². The molecule has 0 aliphatic heterocycles. The highest BCUT2D eigenvalue weighted by Crippen LogP contribution is 2.33. The number of aromatic nitrogens is 2. The van der Waals surface area contributed by atoms with E-state index < -0.39 is 5.97 Å². The Kier molecular flexibility index (Phi) is 8.22. The van der Waals surface area contributed by atoms with Gasteiger partial charge in [-0.1, -0.05) is 35.9 Å². The van der Waals surface area contributed by atoms with Gasteiger partial charge in [0.05, 0.1) is 31.3 Å². The number of fused-ring (bicyclic) bond motifs is 1. The van der Waals surface area contributed by atoms with Crippen molar-refractivity contribution in [3.8, 4) is 11.5 Å². The van der Waals surface area contributed by atoms with Crippen molar-refractivity contribution in [2.24, 2.45) is 5.10 Å². The summed E-state index contributed by atoms with van der Waals surface area (Å²) in [7, 11) is 2.80. The first-order valence-corrected chi connectivity index (χ1v) is 11.4. The van der Waals surface area contributed by atoms with Gasteiger partial charge < -0.3 is 14.2 Å². The van der Waals surface area contributed by atoms with E-state index in [4.69, 9.17) is 9.47 Å². The van der Waals surface area contributed by atoms with Gasteiger partial charge in [0.15, 0.2) is 18.1 Å². The van der Waals surface area contributed by atoms with Crippen molar-refractivity contribution >= 4 is 39.0 Å². The first kappa shape index (κ1) is 25.2. The van der Waals surface area contributed by atoms with E-state index >= 15 is 0 Å². The number of carbonyl (C=O) groups is 1. The van der Waals surface area contributed by atoms with E-state index in [2.05, 4.69) is 37.3 Å². The molecule has 0 saturated heterocycles. The van der Waals surface area contributed by atoms with Crippen molar-refractivity contribution < 1.29 is 19.0 Å². The SMILES string of the molecule is C=CCc1cc(C=Nn2c(C(C)C)nc3ccc(Br)cc3c2=O)cc(OC)c1OCC(=O)OC. The van der Waals surface area contributed by atoms with Crippen LogP contribution >= 0.6 is 15.9 Å². The smallest absolute Gasteiger partial charge is 0.343 e. The molecular formula is C25H26BrN3O5. The van der Waals surface area contributed by atoms with Crippen LogP contribution < -0.4 is 15.0 Å². The predicted molar refractivity (Wildman–Crippen MR) is 135 cm³/mol. The molecule has 178 valence electrons. The van der Waals surface area contributed by atoms with Gasteiger partial charge >= 0.3 is 5.97 Å². The summed E-state index contributed by atoms with van der Waals surface area (Å²) in [6.07, 6.45) is 3.75. The van der Waals surface area contributed by atoms with Crippen LogP contribution in [0.15, 0.2) is 57.4 Å². The van der Waals surface area contributed by atoms with Gasteiger partial charge in [-0.05, 0) is 42.3 Å². The lowest BCUT2D eigenvalue weighted by Gasteiger charge is -2.15. The number of nitrogens with zero attached hydrogens (tertiary/aromatic N) is 3. The summed E-state index contributed by atoms with van der Waals surface area (Å²) in [5.41, 5.74) is 1.78. The summed E-state index contributed by atoms with van der Waals surface area (Å²) in [4.78, 5) is 29.4. The van der Waals surface area contributed by atoms with Gasteiger partial charge in [-0.25, -0.2) is 9.78 Å². The zero-order valence-electron chi connectivity index (χ0n) is 19.5. The maximum absolute atomic E-state index is 13.2. The lowest BCUT2D eigenvalue weighted by molar-refractivity contribution is -0.142. The van der Waals surface area contributed by atoms with Crippen molar-refractivity contribution in [2.75, 3.05) is 20.8 Å². The van der Waals surface area contributed by atoms with Crippen LogP contribution in [0.4, 0.5) is 0 Å². The summed E-state index contributed by atoms with van der Waals surface area (Å²) < 4.78 is 17.9. The number of rotatable bonds is 9. The Morgan fingerprint density at radius 1 is 1.26 bits per heavy atom. The number of halogens is 1. The molecular weight excluding hydrogens is 502 g/mol. The van der Waals surface area contributed by atoms with Gasteiger partial charge in [0, 0.05) is 16.0 Å². The second kappa shape index (κ2) is 11.1. The summed E-state index contributed by atoms with van der Waals surface area (Å²) >= 11 is 3.41. The number of benzene rings is 2. The topological polar surface area (TPSA) is 92.0 Å². The van der Waals surface area contributed by atoms with Crippen LogP contribution in [0.5, 0.6) is 11.5 Å². The molecule has 3 aromatic rings. The van der Waals surface area contributed by atoms with Crippen molar-refractivity contribution in [3.63, 3.8) is 0 Å². The molecule has 3 rings (SSSR count). The first-order valence-electron chi connectivity index (χ1n) is 10.6. The lowest BCUT2D eigenvalue weighted by atomic mass is 10.1. The second-order valence-electron chi connectivity index (χ2n) is 7.72. The highest BCUT2D eigenvalue weighted by Gasteiger charge is 2.16. The summed E-state index contributed by atoms with van der Waals surface area (Å²) in [6, 6.07) is 8.95. The predicted octanol–water partition coefficient (Wildman–Crippen LogP) is 4.45. The highest BCUT2D eigenvalue weighted by molar-refractivity contribution is 9.10. The monoisotopic (exact) mass is 527 g/mol. The average molecular weight is 528 g/mol. The molecule has 0 N–H and O–H groups in total. The number of carbonyl (C=O) groups excluding carboxylic acids is 1. The average Bonchev–Trinajstić information content (AvgIpc) is 2.82. The van der Waals surface area contributed by atoms with Gasteiger partial charge in [0.25, 0.3) is 5.56 Å². The normalized spacial score (nSPS) is 11.2. The molecule has 2 aromatic carbocycles. The Morgan fingerprint density at radius 2 is 2.03 bits per heavy atom. The third-order valence-electron chi connectivity index (χ3n) is 4.97. The van der Waals surface area contributed by atoms with E-state index in [9.17, 15) is 9.59 Å². The molecule has 0 amide bonds. The second-order valence-corrected chi connectivity index (χ2v) is 8.63. The molecule has 0 aliphatic carbocycles. The van der Waals surface area contributed by atoms with Gasteiger partial charge in [-0.15, -0.1) is 6.58 Å². The van der Waals surface area contributed by atoms with Gasteiger partial charge in [0.2, 0.25) is 0 Å². The fourth-order valence-electron chi connectivity index (χ4n) is 3.35. The van der Waals surface area contributed by atoms with Crippen LogP contribution in [-0.4, -0.2) is 42.7 Å². The molecule has 8 nitrogen and oxygen atoms in total. The molecule has 0 saturated carbocycles. The Labute approximate surface area is 206 Å². The molecule has 0 aliphatic rings. The van der Waals surface area contributed by atoms with E-state index in [-0.39, 0.29) is 18.1 Å². The molecule has 0 atom stereocenters. The van der Waals surface area contributed by atoms with E-state index in [1.54, 1.807) is 30.5 Å². The third-order valence-corrected chi connectivity index (χ3v) is 5.47.